The largest absolute Gasteiger partial charge is 0.376 e. The van der Waals surface area contributed by atoms with Gasteiger partial charge in [0.05, 0.1) is 11.4 Å². The fraction of sp³-hybridized carbons (Fsp3) is 0.900. The van der Waals surface area contributed by atoms with Crippen LogP contribution in [0.5, 0.6) is 0 Å². The van der Waals surface area contributed by atoms with Gasteiger partial charge in [-0.05, 0) is 19.3 Å². The Morgan fingerprint density at radius 3 is 3.07 bits per heavy atom. The molecule has 1 aliphatic rings. The van der Waals surface area contributed by atoms with Crippen LogP contribution in [0.2, 0.25) is 0 Å². The van der Waals surface area contributed by atoms with Crippen LogP contribution in [0.15, 0.2) is 0 Å². The van der Waals surface area contributed by atoms with E-state index in [4.69, 9.17) is 4.74 Å². The van der Waals surface area contributed by atoms with Crippen molar-refractivity contribution in [2.24, 2.45) is 0 Å². The van der Waals surface area contributed by atoms with Gasteiger partial charge in [0.15, 0.2) is 0 Å². The summed E-state index contributed by atoms with van der Waals surface area (Å²) < 4.78 is 5.65. The fourth-order valence-corrected chi connectivity index (χ4v) is 2.02. The number of nitrogens with zero attached hydrogens (tertiary/aromatic N) is 1. The van der Waals surface area contributed by atoms with E-state index in [2.05, 4.69) is 22.9 Å². The van der Waals surface area contributed by atoms with Gasteiger partial charge in [-0.3, -0.25) is 4.79 Å². The van der Waals surface area contributed by atoms with E-state index < -0.39 is 0 Å². The topological polar surface area (TPSA) is 29.5 Å². The Balaban J connectivity index is 2.31. The SMILES string of the molecule is CCCOC1CCCN(C(=O)CBr)C1. The average Bonchev–Trinajstić information content (AvgIpc) is 2.25. The molecule has 0 saturated carbocycles. The summed E-state index contributed by atoms with van der Waals surface area (Å²) >= 11 is 3.19. The smallest absolute Gasteiger partial charge is 0.233 e. The van der Waals surface area contributed by atoms with Crippen molar-refractivity contribution in [3.63, 3.8) is 0 Å². The van der Waals surface area contributed by atoms with Crippen molar-refractivity contribution in [3.05, 3.63) is 0 Å². The molecule has 82 valence electrons. The molecule has 1 amide bonds. The number of hydrogen-bond acceptors (Lipinski definition) is 2. The van der Waals surface area contributed by atoms with Gasteiger partial charge >= 0.3 is 0 Å². The predicted octanol–water partition coefficient (Wildman–Crippen LogP) is 1.80. The molecule has 1 unspecified atom stereocenters. The van der Waals surface area contributed by atoms with Crippen LogP contribution >= 0.6 is 15.9 Å². The van der Waals surface area contributed by atoms with Crippen molar-refractivity contribution in [3.8, 4) is 0 Å². The van der Waals surface area contributed by atoms with Crippen LogP contribution in [-0.4, -0.2) is 41.9 Å². The Hall–Kier alpha value is -0.0900. The summed E-state index contributed by atoms with van der Waals surface area (Å²) in [7, 11) is 0. The lowest BCUT2D eigenvalue weighted by molar-refractivity contribution is -0.132. The molecule has 1 saturated heterocycles. The van der Waals surface area contributed by atoms with Crippen LogP contribution in [0.25, 0.3) is 0 Å². The summed E-state index contributed by atoms with van der Waals surface area (Å²) in [4.78, 5) is 13.3. The maximum Gasteiger partial charge on any atom is 0.233 e. The molecule has 3 nitrogen and oxygen atoms in total. The molecule has 0 aromatic carbocycles. The number of hydrogen-bond donors (Lipinski definition) is 0. The molecule has 1 aliphatic heterocycles. The highest BCUT2D eigenvalue weighted by molar-refractivity contribution is 9.09. The van der Waals surface area contributed by atoms with Gasteiger partial charge in [0.25, 0.3) is 0 Å². The minimum atomic E-state index is 0.176. The summed E-state index contributed by atoms with van der Waals surface area (Å²) in [5.41, 5.74) is 0. The zero-order valence-corrected chi connectivity index (χ0v) is 10.3. The van der Waals surface area contributed by atoms with Gasteiger partial charge in [-0.25, -0.2) is 0 Å². The highest BCUT2D eigenvalue weighted by Gasteiger charge is 2.22. The molecule has 0 radical (unpaired) electrons. The maximum absolute atomic E-state index is 11.4. The minimum Gasteiger partial charge on any atom is -0.376 e. The second-order valence-corrected chi connectivity index (χ2v) is 4.17. The summed E-state index contributed by atoms with van der Waals surface area (Å²) in [6, 6.07) is 0. The molecule has 0 spiro atoms. The zero-order valence-electron chi connectivity index (χ0n) is 8.67. The number of likely N-dealkylation sites (tertiary alicyclic amines) is 1. The summed E-state index contributed by atoms with van der Waals surface area (Å²) in [5.74, 6) is 0.176. The highest BCUT2D eigenvalue weighted by atomic mass is 79.9. The number of ether oxygens (including phenoxy) is 1. The van der Waals surface area contributed by atoms with E-state index in [1.807, 2.05) is 4.90 Å². The first-order valence-electron chi connectivity index (χ1n) is 5.23. The number of carbonyl (C=O) groups is 1. The van der Waals surface area contributed by atoms with Crippen LogP contribution in [-0.2, 0) is 9.53 Å². The van der Waals surface area contributed by atoms with Crippen LogP contribution < -0.4 is 0 Å². The first-order chi connectivity index (χ1) is 6.77. The van der Waals surface area contributed by atoms with Crippen molar-refractivity contribution in [1.82, 2.24) is 4.90 Å². The molecule has 14 heavy (non-hydrogen) atoms. The minimum absolute atomic E-state index is 0.176. The number of carbonyl (C=O) groups excluding carboxylic acids is 1. The molecule has 1 heterocycles. The molecule has 0 aromatic heterocycles. The quantitative estimate of drug-likeness (QED) is 0.725. The van der Waals surface area contributed by atoms with Crippen molar-refractivity contribution >= 4 is 21.8 Å². The second-order valence-electron chi connectivity index (χ2n) is 3.61. The zero-order chi connectivity index (χ0) is 10.4. The molecule has 1 rings (SSSR count). The summed E-state index contributed by atoms with van der Waals surface area (Å²) in [6.45, 7) is 4.56. The van der Waals surface area contributed by atoms with Crippen LogP contribution in [0, 0.1) is 0 Å². The number of alkyl halides is 1. The van der Waals surface area contributed by atoms with Crippen molar-refractivity contribution in [2.75, 3.05) is 25.0 Å². The number of rotatable bonds is 4. The molecular weight excluding hydrogens is 246 g/mol. The van der Waals surface area contributed by atoms with Gasteiger partial charge in [0.2, 0.25) is 5.91 Å². The van der Waals surface area contributed by atoms with E-state index in [-0.39, 0.29) is 12.0 Å². The number of piperidine rings is 1. The Bertz CT molecular complexity index is 187. The number of halogens is 1. The van der Waals surface area contributed by atoms with Gasteiger partial charge in [0, 0.05) is 19.7 Å². The Morgan fingerprint density at radius 2 is 2.43 bits per heavy atom. The van der Waals surface area contributed by atoms with Gasteiger partial charge in [0.1, 0.15) is 0 Å². The fourth-order valence-electron chi connectivity index (χ4n) is 1.67. The van der Waals surface area contributed by atoms with E-state index >= 15 is 0 Å². The van der Waals surface area contributed by atoms with Crippen molar-refractivity contribution < 1.29 is 9.53 Å². The van der Waals surface area contributed by atoms with Crippen molar-refractivity contribution in [2.45, 2.75) is 32.3 Å². The molecule has 0 aromatic rings. The Morgan fingerprint density at radius 1 is 1.64 bits per heavy atom. The first-order valence-corrected chi connectivity index (χ1v) is 6.35. The molecule has 0 aliphatic carbocycles. The molecule has 1 fully saturated rings. The lowest BCUT2D eigenvalue weighted by atomic mass is 10.1. The third-order valence-electron chi connectivity index (χ3n) is 2.40. The van der Waals surface area contributed by atoms with Crippen molar-refractivity contribution in [1.29, 1.82) is 0 Å². The average molecular weight is 264 g/mol. The van der Waals surface area contributed by atoms with Gasteiger partial charge in [-0.1, -0.05) is 22.9 Å². The van der Waals surface area contributed by atoms with Gasteiger partial charge in [-0.2, -0.15) is 0 Å². The van der Waals surface area contributed by atoms with Crippen LogP contribution in [0.4, 0.5) is 0 Å². The monoisotopic (exact) mass is 263 g/mol. The standard InChI is InChI=1S/C10H18BrNO2/c1-2-6-14-9-4-3-5-12(8-9)10(13)7-11/h9H,2-8H2,1H3. The molecule has 0 N–H and O–H groups in total. The number of amides is 1. The summed E-state index contributed by atoms with van der Waals surface area (Å²) in [6.07, 6.45) is 3.45. The highest BCUT2D eigenvalue weighted by Crippen LogP contribution is 2.14. The molecular formula is C10H18BrNO2. The van der Waals surface area contributed by atoms with Crippen LogP contribution in [0.1, 0.15) is 26.2 Å². The van der Waals surface area contributed by atoms with E-state index in [1.54, 1.807) is 0 Å². The first kappa shape index (κ1) is 12.0. The van der Waals surface area contributed by atoms with E-state index in [0.717, 1.165) is 39.0 Å². The molecule has 1 atom stereocenters. The van der Waals surface area contributed by atoms with Crippen LogP contribution in [0.3, 0.4) is 0 Å². The van der Waals surface area contributed by atoms with Gasteiger partial charge in [-0.15, -0.1) is 0 Å². The van der Waals surface area contributed by atoms with Gasteiger partial charge < -0.3 is 9.64 Å². The van der Waals surface area contributed by atoms with E-state index in [1.165, 1.54) is 0 Å². The van der Waals surface area contributed by atoms with E-state index in [9.17, 15) is 4.79 Å². The lowest BCUT2D eigenvalue weighted by Crippen LogP contribution is -2.43. The normalized spacial score (nSPS) is 22.4. The molecule has 0 bridgehead atoms. The maximum atomic E-state index is 11.4. The second kappa shape index (κ2) is 6.40. The Labute approximate surface area is 93.9 Å². The third kappa shape index (κ3) is 3.58. The lowest BCUT2D eigenvalue weighted by Gasteiger charge is -2.32. The summed E-state index contributed by atoms with van der Waals surface area (Å²) in [5, 5.41) is 0.424. The predicted molar refractivity (Wildman–Crippen MR) is 59.6 cm³/mol. The molecule has 4 heteroatoms. The van der Waals surface area contributed by atoms with E-state index in [0.29, 0.717) is 5.33 Å². The third-order valence-corrected chi connectivity index (χ3v) is 2.88. The Kier molecular flexibility index (Phi) is 5.48.